The Morgan fingerprint density at radius 2 is 2.33 bits per heavy atom. The zero-order valence-electron chi connectivity index (χ0n) is 6.74. The summed E-state index contributed by atoms with van der Waals surface area (Å²) in [7, 11) is 0. The third kappa shape index (κ3) is 0.937. The molecule has 2 rings (SSSR count). The van der Waals surface area contributed by atoms with E-state index in [0.29, 0.717) is 5.82 Å². The average molecular weight is 181 g/mol. The van der Waals surface area contributed by atoms with Gasteiger partial charge in [-0.05, 0) is 6.92 Å². The summed E-state index contributed by atoms with van der Waals surface area (Å²) in [5, 5.41) is 7.64. The van der Waals surface area contributed by atoms with E-state index >= 15 is 0 Å². The maximum Gasteiger partial charge on any atom is 0.216 e. The number of hydrogen-bond acceptors (Lipinski definition) is 4. The van der Waals surface area contributed by atoms with Crippen LogP contribution in [0, 0.1) is 6.92 Å². The zero-order valence-corrected chi connectivity index (χ0v) is 7.55. The smallest absolute Gasteiger partial charge is 0.216 e. The summed E-state index contributed by atoms with van der Waals surface area (Å²) in [6.45, 7) is 3.46. The minimum absolute atomic E-state index is 0.0553. The molecule has 0 saturated carbocycles. The summed E-state index contributed by atoms with van der Waals surface area (Å²) in [6.07, 6.45) is 1.87. The van der Waals surface area contributed by atoms with Gasteiger partial charge in [0.15, 0.2) is 5.78 Å². The van der Waals surface area contributed by atoms with Gasteiger partial charge in [0.05, 0.1) is 0 Å². The van der Waals surface area contributed by atoms with E-state index < -0.39 is 0 Å². The quantitative estimate of drug-likeness (QED) is 0.623. The monoisotopic (exact) mass is 181 g/mol. The van der Waals surface area contributed by atoms with E-state index in [4.69, 9.17) is 0 Å². The highest BCUT2D eigenvalue weighted by molar-refractivity contribution is 7.16. The summed E-state index contributed by atoms with van der Waals surface area (Å²) in [6, 6.07) is 0. The Hall–Kier alpha value is -1.23. The molecule has 0 aliphatic heterocycles. The molecule has 4 nitrogen and oxygen atoms in total. The molecule has 0 aliphatic carbocycles. The topological polar surface area (TPSA) is 47.3 Å². The molecule has 2 aromatic heterocycles. The van der Waals surface area contributed by atoms with Crippen LogP contribution in [0.1, 0.15) is 22.4 Å². The standard InChI is InChI=1S/C7H7N3OS/c1-4-3-10-6(5(2)11)8-9-7(10)12-4/h3H,1-2H3. The van der Waals surface area contributed by atoms with E-state index in [0.717, 1.165) is 9.84 Å². The second-order valence-electron chi connectivity index (χ2n) is 2.57. The average Bonchev–Trinajstić information content (AvgIpc) is 2.43. The van der Waals surface area contributed by atoms with Crippen molar-refractivity contribution in [2.75, 3.05) is 0 Å². The number of carbonyl (C=O) groups excluding carboxylic acids is 1. The summed E-state index contributed by atoms with van der Waals surface area (Å²) in [4.78, 5) is 12.9. The molecule has 12 heavy (non-hydrogen) atoms. The molecule has 0 atom stereocenters. The lowest BCUT2D eigenvalue weighted by Crippen LogP contribution is -1.98. The molecule has 0 N–H and O–H groups in total. The van der Waals surface area contributed by atoms with E-state index in [1.165, 1.54) is 18.3 Å². The molecular weight excluding hydrogens is 174 g/mol. The van der Waals surface area contributed by atoms with Gasteiger partial charge in [-0.25, -0.2) is 0 Å². The lowest BCUT2D eigenvalue weighted by Gasteiger charge is -1.86. The molecule has 0 aromatic carbocycles. The molecule has 0 aliphatic rings. The second-order valence-corrected chi connectivity index (χ2v) is 3.79. The van der Waals surface area contributed by atoms with Crippen LogP contribution in [0.15, 0.2) is 6.20 Å². The van der Waals surface area contributed by atoms with Crippen molar-refractivity contribution < 1.29 is 4.79 Å². The fraction of sp³-hybridized carbons (Fsp3) is 0.286. The van der Waals surface area contributed by atoms with Gasteiger partial charge in [0, 0.05) is 18.0 Å². The number of ketones is 1. The Morgan fingerprint density at radius 1 is 1.58 bits per heavy atom. The number of aryl methyl sites for hydroxylation is 1. The van der Waals surface area contributed by atoms with Gasteiger partial charge in [-0.1, -0.05) is 11.3 Å². The maximum absolute atomic E-state index is 11.0. The predicted molar refractivity (Wildman–Crippen MR) is 45.6 cm³/mol. The largest absolute Gasteiger partial charge is 0.291 e. The highest BCUT2D eigenvalue weighted by atomic mass is 32.1. The minimum atomic E-state index is -0.0553. The Bertz CT molecular complexity index is 442. The molecule has 0 amide bonds. The van der Waals surface area contributed by atoms with Crippen molar-refractivity contribution in [2.45, 2.75) is 13.8 Å². The van der Waals surface area contributed by atoms with Gasteiger partial charge < -0.3 is 0 Å². The lowest BCUT2D eigenvalue weighted by molar-refractivity contribution is 0.100. The van der Waals surface area contributed by atoms with Crippen molar-refractivity contribution in [1.82, 2.24) is 14.6 Å². The second kappa shape index (κ2) is 2.38. The van der Waals surface area contributed by atoms with Crippen LogP contribution in [0.25, 0.3) is 4.96 Å². The molecule has 2 aromatic rings. The van der Waals surface area contributed by atoms with Crippen LogP contribution in [0.3, 0.4) is 0 Å². The van der Waals surface area contributed by atoms with E-state index in [2.05, 4.69) is 10.2 Å². The fourth-order valence-corrected chi connectivity index (χ4v) is 1.82. The third-order valence-corrected chi connectivity index (χ3v) is 2.43. The number of rotatable bonds is 1. The number of fused-ring (bicyclic) bond motifs is 1. The molecule has 2 heterocycles. The van der Waals surface area contributed by atoms with Crippen LogP contribution in [-0.4, -0.2) is 20.4 Å². The molecule has 0 bridgehead atoms. The summed E-state index contributed by atoms with van der Waals surface area (Å²) in [5.74, 6) is 0.356. The fourth-order valence-electron chi connectivity index (χ4n) is 1.06. The highest BCUT2D eigenvalue weighted by Crippen LogP contribution is 2.15. The van der Waals surface area contributed by atoms with Crippen LogP contribution in [-0.2, 0) is 0 Å². The lowest BCUT2D eigenvalue weighted by atomic mass is 10.4. The van der Waals surface area contributed by atoms with Crippen LogP contribution in [0.4, 0.5) is 0 Å². The molecule has 0 unspecified atom stereocenters. The van der Waals surface area contributed by atoms with Crippen LogP contribution < -0.4 is 0 Å². The van der Waals surface area contributed by atoms with Crippen LogP contribution in [0.2, 0.25) is 0 Å². The van der Waals surface area contributed by atoms with E-state index in [1.54, 1.807) is 4.40 Å². The highest BCUT2D eigenvalue weighted by Gasteiger charge is 2.10. The first kappa shape index (κ1) is 7.42. The minimum Gasteiger partial charge on any atom is -0.291 e. The van der Waals surface area contributed by atoms with Gasteiger partial charge in [0.1, 0.15) is 0 Å². The summed E-state index contributed by atoms with van der Waals surface area (Å²) < 4.78 is 1.72. The van der Waals surface area contributed by atoms with Gasteiger partial charge in [-0.15, -0.1) is 10.2 Å². The summed E-state index contributed by atoms with van der Waals surface area (Å²) in [5.41, 5.74) is 0. The van der Waals surface area contributed by atoms with Gasteiger partial charge in [-0.2, -0.15) is 0 Å². The van der Waals surface area contributed by atoms with Gasteiger partial charge in [-0.3, -0.25) is 9.20 Å². The molecule has 62 valence electrons. The maximum atomic E-state index is 11.0. The number of carbonyl (C=O) groups is 1. The number of nitrogens with zero attached hydrogens (tertiary/aromatic N) is 3. The number of thiazole rings is 1. The van der Waals surface area contributed by atoms with E-state index in [-0.39, 0.29) is 5.78 Å². The molecule has 5 heteroatoms. The zero-order chi connectivity index (χ0) is 8.72. The van der Waals surface area contributed by atoms with Crippen molar-refractivity contribution >= 4 is 22.1 Å². The first-order valence-electron chi connectivity index (χ1n) is 3.50. The van der Waals surface area contributed by atoms with Gasteiger partial charge in [0.25, 0.3) is 0 Å². The first-order chi connectivity index (χ1) is 5.68. The third-order valence-electron chi connectivity index (χ3n) is 1.54. The molecule has 0 radical (unpaired) electrons. The molecule has 0 spiro atoms. The van der Waals surface area contributed by atoms with Gasteiger partial charge >= 0.3 is 0 Å². The molecular formula is C7H7N3OS. The summed E-state index contributed by atoms with van der Waals surface area (Å²) >= 11 is 1.53. The Balaban J connectivity index is 2.76. The van der Waals surface area contributed by atoms with Crippen LogP contribution in [0.5, 0.6) is 0 Å². The van der Waals surface area contributed by atoms with Crippen molar-refractivity contribution in [3.63, 3.8) is 0 Å². The van der Waals surface area contributed by atoms with Crippen molar-refractivity contribution in [3.05, 3.63) is 16.9 Å². The van der Waals surface area contributed by atoms with E-state index in [9.17, 15) is 4.79 Å². The number of hydrogen-bond donors (Lipinski definition) is 0. The molecule has 0 fully saturated rings. The van der Waals surface area contributed by atoms with E-state index in [1.807, 2.05) is 13.1 Å². The van der Waals surface area contributed by atoms with Gasteiger partial charge in [0.2, 0.25) is 10.8 Å². The molecule has 0 saturated heterocycles. The van der Waals surface area contributed by atoms with Crippen molar-refractivity contribution in [2.24, 2.45) is 0 Å². The Labute approximate surface area is 72.9 Å². The number of Topliss-reactive ketones (excluding diaryl/α,β-unsaturated/α-hetero) is 1. The SMILES string of the molecule is CC(=O)c1nnc2sc(C)cn12. The Kier molecular flexibility index (Phi) is 1.47. The predicted octanol–water partition coefficient (Wildman–Crippen LogP) is 1.30. The van der Waals surface area contributed by atoms with Crippen molar-refractivity contribution in [1.29, 1.82) is 0 Å². The normalized spacial score (nSPS) is 10.8. The van der Waals surface area contributed by atoms with Crippen molar-refractivity contribution in [3.8, 4) is 0 Å². The Morgan fingerprint density at radius 3 is 3.00 bits per heavy atom. The first-order valence-corrected chi connectivity index (χ1v) is 4.32. The number of aromatic nitrogens is 3. The van der Waals surface area contributed by atoms with Crippen LogP contribution >= 0.6 is 11.3 Å².